The smallest absolute Gasteiger partial charge is 0.388 e. The van der Waals surface area contributed by atoms with Crippen molar-refractivity contribution in [1.29, 1.82) is 0 Å². The third-order valence-electron chi connectivity index (χ3n) is 2.36. The molecule has 0 saturated carbocycles. The van der Waals surface area contributed by atoms with Crippen molar-refractivity contribution in [3.8, 4) is 0 Å². The zero-order valence-corrected chi connectivity index (χ0v) is 10.3. The molecule has 1 rings (SSSR count). The molecule has 1 unspecified atom stereocenters. The van der Waals surface area contributed by atoms with Crippen molar-refractivity contribution in [2.24, 2.45) is 0 Å². The molecular weight excluding hydrogens is 249 g/mol. The van der Waals surface area contributed by atoms with E-state index in [1.807, 2.05) is 6.92 Å². The Bertz CT molecular complexity index is 352. The number of hydrogen-bond acceptors (Lipinski definition) is 2. The summed E-state index contributed by atoms with van der Waals surface area (Å²) in [7, 11) is 0. The van der Waals surface area contributed by atoms with Gasteiger partial charge >= 0.3 is 6.18 Å². The van der Waals surface area contributed by atoms with E-state index in [0.717, 1.165) is 11.8 Å². The highest BCUT2D eigenvalue weighted by Gasteiger charge is 2.34. The molecule has 0 aromatic heterocycles. The van der Waals surface area contributed by atoms with E-state index < -0.39 is 17.8 Å². The Balaban J connectivity index is 2.82. The zero-order valence-electron chi connectivity index (χ0n) is 9.50. The van der Waals surface area contributed by atoms with Gasteiger partial charge in [0.15, 0.2) is 0 Å². The van der Waals surface area contributed by atoms with Gasteiger partial charge in [0.2, 0.25) is 0 Å². The first kappa shape index (κ1) is 14.4. The fourth-order valence-electron chi connectivity index (χ4n) is 1.54. The highest BCUT2D eigenvalue weighted by molar-refractivity contribution is 7.99. The minimum atomic E-state index is -4.41. The summed E-state index contributed by atoms with van der Waals surface area (Å²) < 4.78 is 38.0. The van der Waals surface area contributed by atoms with Crippen molar-refractivity contribution in [2.75, 3.05) is 11.5 Å². The summed E-state index contributed by atoms with van der Waals surface area (Å²) in [6, 6.07) is 5.19. The van der Waals surface area contributed by atoms with Crippen LogP contribution in [0.3, 0.4) is 0 Å². The summed E-state index contributed by atoms with van der Waals surface area (Å²) in [6.07, 6.45) is -5.12. The zero-order chi connectivity index (χ0) is 12.9. The molecule has 1 nitrogen and oxygen atoms in total. The number of thioether (sulfide) groups is 1. The maximum atomic E-state index is 12.7. The van der Waals surface area contributed by atoms with Crippen LogP contribution in [0.15, 0.2) is 24.3 Å². The predicted octanol–water partition coefficient (Wildman–Crippen LogP) is 3.88. The van der Waals surface area contributed by atoms with Gasteiger partial charge in [-0.25, -0.2) is 0 Å². The van der Waals surface area contributed by atoms with Gasteiger partial charge in [-0.3, -0.25) is 0 Å². The summed E-state index contributed by atoms with van der Waals surface area (Å²) in [5.41, 5.74) is -0.772. The molecule has 1 aromatic rings. The van der Waals surface area contributed by atoms with Gasteiger partial charge in [-0.05, 0) is 29.6 Å². The molecule has 0 radical (unpaired) electrons. The fourth-order valence-corrected chi connectivity index (χ4v) is 2.22. The number of benzene rings is 1. The first-order valence-corrected chi connectivity index (χ1v) is 6.54. The molecule has 0 aliphatic rings. The largest absolute Gasteiger partial charge is 0.416 e. The summed E-state index contributed by atoms with van der Waals surface area (Å²) in [6.45, 7) is 1.97. The molecule has 96 valence electrons. The van der Waals surface area contributed by atoms with E-state index in [9.17, 15) is 18.3 Å². The average Bonchev–Trinajstić information content (AvgIpc) is 2.28. The van der Waals surface area contributed by atoms with Gasteiger partial charge < -0.3 is 5.11 Å². The Morgan fingerprint density at radius 1 is 1.29 bits per heavy atom. The van der Waals surface area contributed by atoms with Crippen LogP contribution < -0.4 is 0 Å². The van der Waals surface area contributed by atoms with Crippen LogP contribution in [0.2, 0.25) is 0 Å². The van der Waals surface area contributed by atoms with Crippen molar-refractivity contribution in [2.45, 2.75) is 25.6 Å². The average molecular weight is 264 g/mol. The fraction of sp³-hybridized carbons (Fsp3) is 0.500. The van der Waals surface area contributed by atoms with Gasteiger partial charge in [-0.1, -0.05) is 25.1 Å². The summed E-state index contributed by atoms with van der Waals surface area (Å²) in [5, 5.41) is 9.78. The quantitative estimate of drug-likeness (QED) is 0.814. The van der Waals surface area contributed by atoms with Gasteiger partial charge in [-0.15, -0.1) is 0 Å². The minimum absolute atomic E-state index is 0.0308. The van der Waals surface area contributed by atoms with Crippen molar-refractivity contribution in [3.05, 3.63) is 35.4 Å². The molecule has 0 bridgehead atoms. The molecule has 0 aliphatic carbocycles. The Kier molecular flexibility index (Phi) is 5.33. The van der Waals surface area contributed by atoms with Crippen molar-refractivity contribution < 1.29 is 18.3 Å². The molecule has 0 saturated heterocycles. The van der Waals surface area contributed by atoms with Gasteiger partial charge in [0.25, 0.3) is 0 Å². The molecule has 0 heterocycles. The monoisotopic (exact) mass is 264 g/mol. The van der Waals surface area contributed by atoms with Crippen LogP contribution in [0.5, 0.6) is 0 Å². The molecule has 0 amide bonds. The number of hydrogen-bond donors (Lipinski definition) is 1. The van der Waals surface area contributed by atoms with Gasteiger partial charge in [0.1, 0.15) is 0 Å². The highest BCUT2D eigenvalue weighted by atomic mass is 32.2. The Morgan fingerprint density at radius 2 is 1.94 bits per heavy atom. The molecule has 1 aromatic carbocycles. The van der Waals surface area contributed by atoms with Crippen LogP contribution in [-0.4, -0.2) is 16.6 Å². The SMILES string of the molecule is CCSCCC(O)c1ccccc1C(F)(F)F. The summed E-state index contributed by atoms with van der Waals surface area (Å²) in [5.74, 6) is 1.55. The Hall–Kier alpha value is -0.680. The standard InChI is InChI=1S/C12H15F3OS/c1-2-17-8-7-11(16)9-5-3-4-6-10(9)12(13,14)15/h3-6,11,16H,2,7-8H2,1H3. The lowest BCUT2D eigenvalue weighted by molar-refractivity contribution is -0.139. The lowest BCUT2D eigenvalue weighted by Gasteiger charge is -2.17. The van der Waals surface area contributed by atoms with E-state index in [4.69, 9.17) is 0 Å². The second kappa shape index (κ2) is 6.31. The predicted molar refractivity (Wildman–Crippen MR) is 64.0 cm³/mol. The lowest BCUT2D eigenvalue weighted by atomic mass is 10.0. The molecule has 5 heteroatoms. The molecule has 17 heavy (non-hydrogen) atoms. The van der Waals surface area contributed by atoms with Gasteiger partial charge in [-0.2, -0.15) is 24.9 Å². The first-order valence-electron chi connectivity index (χ1n) is 5.38. The van der Waals surface area contributed by atoms with Gasteiger partial charge in [0, 0.05) is 0 Å². The third-order valence-corrected chi connectivity index (χ3v) is 3.30. The Morgan fingerprint density at radius 3 is 2.53 bits per heavy atom. The van der Waals surface area contributed by atoms with E-state index in [1.165, 1.54) is 18.2 Å². The van der Waals surface area contributed by atoms with Crippen LogP contribution in [0.4, 0.5) is 13.2 Å². The van der Waals surface area contributed by atoms with E-state index in [2.05, 4.69) is 0 Å². The number of alkyl halides is 3. The van der Waals surface area contributed by atoms with Crippen molar-refractivity contribution in [1.82, 2.24) is 0 Å². The number of rotatable bonds is 5. The van der Waals surface area contributed by atoms with E-state index in [1.54, 1.807) is 11.8 Å². The van der Waals surface area contributed by atoms with E-state index >= 15 is 0 Å². The Labute approximate surface area is 103 Å². The van der Waals surface area contributed by atoms with Crippen molar-refractivity contribution >= 4 is 11.8 Å². The molecule has 0 spiro atoms. The second-order valence-electron chi connectivity index (χ2n) is 3.59. The summed E-state index contributed by atoms with van der Waals surface area (Å²) >= 11 is 1.60. The summed E-state index contributed by atoms with van der Waals surface area (Å²) in [4.78, 5) is 0. The van der Waals surface area contributed by atoms with Crippen LogP contribution >= 0.6 is 11.8 Å². The first-order chi connectivity index (χ1) is 7.96. The molecule has 0 fully saturated rings. The maximum absolute atomic E-state index is 12.7. The van der Waals surface area contributed by atoms with E-state index in [-0.39, 0.29) is 5.56 Å². The second-order valence-corrected chi connectivity index (χ2v) is 4.98. The lowest BCUT2D eigenvalue weighted by Crippen LogP contribution is -2.12. The number of aliphatic hydroxyl groups is 1. The van der Waals surface area contributed by atoms with Crippen molar-refractivity contribution in [3.63, 3.8) is 0 Å². The van der Waals surface area contributed by atoms with Crippen LogP contribution in [0.1, 0.15) is 30.6 Å². The molecule has 1 N–H and O–H groups in total. The van der Waals surface area contributed by atoms with Crippen LogP contribution in [0, 0.1) is 0 Å². The van der Waals surface area contributed by atoms with Crippen LogP contribution in [-0.2, 0) is 6.18 Å². The third kappa shape index (κ3) is 4.24. The van der Waals surface area contributed by atoms with E-state index in [0.29, 0.717) is 12.2 Å². The topological polar surface area (TPSA) is 20.2 Å². The van der Waals surface area contributed by atoms with Crippen LogP contribution in [0.25, 0.3) is 0 Å². The molecule has 1 atom stereocenters. The number of halogens is 3. The normalized spacial score (nSPS) is 13.7. The molecular formula is C12H15F3OS. The van der Waals surface area contributed by atoms with Gasteiger partial charge in [0.05, 0.1) is 11.7 Å². The number of aliphatic hydroxyl groups excluding tert-OH is 1. The maximum Gasteiger partial charge on any atom is 0.416 e. The minimum Gasteiger partial charge on any atom is -0.388 e. The highest BCUT2D eigenvalue weighted by Crippen LogP contribution is 2.35. The molecule has 0 aliphatic heterocycles.